The lowest BCUT2D eigenvalue weighted by Crippen LogP contribution is -1.83. The van der Waals surface area contributed by atoms with Crippen molar-refractivity contribution in [1.82, 2.24) is 10.2 Å². The van der Waals surface area contributed by atoms with Gasteiger partial charge in [-0.25, -0.2) is 0 Å². The van der Waals surface area contributed by atoms with E-state index >= 15 is 0 Å². The minimum absolute atomic E-state index is 0.569. The molecule has 7 heavy (non-hydrogen) atoms. The van der Waals surface area contributed by atoms with E-state index < -0.39 is 0 Å². The molecule has 0 aromatic carbocycles. The molecule has 0 atom stereocenters. The molecule has 0 spiro atoms. The van der Waals surface area contributed by atoms with Gasteiger partial charge in [-0.15, -0.1) is 0 Å². The van der Waals surface area contributed by atoms with Crippen LogP contribution in [0.15, 0.2) is 12.4 Å². The Kier molecular flexibility index (Phi) is 0.953. The first-order chi connectivity index (χ1) is 3.43. The Balaban J connectivity index is 2.76. The highest BCUT2D eigenvalue weighted by Gasteiger charge is 1.82. The van der Waals surface area contributed by atoms with Gasteiger partial charge in [0.25, 0.3) is 0 Å². The third kappa shape index (κ3) is 0.690. The number of aromatic amines is 1. The van der Waals surface area contributed by atoms with Gasteiger partial charge < -0.3 is 0 Å². The molecular formula is C3H5N3O. The van der Waals surface area contributed by atoms with E-state index in [1.165, 1.54) is 6.20 Å². The Morgan fingerprint density at radius 1 is 1.86 bits per heavy atom. The maximum atomic E-state index is 8.12. The zero-order chi connectivity index (χ0) is 5.11. The summed E-state index contributed by atoms with van der Waals surface area (Å²) in [6.45, 7) is 0. The molecule has 0 aliphatic rings. The van der Waals surface area contributed by atoms with Crippen molar-refractivity contribution in [3.05, 3.63) is 12.4 Å². The minimum atomic E-state index is 0.569. The summed E-state index contributed by atoms with van der Waals surface area (Å²) >= 11 is 0. The molecule has 0 fully saturated rings. The molecule has 0 radical (unpaired) electrons. The summed E-state index contributed by atoms with van der Waals surface area (Å²) in [5, 5.41) is 14.2. The van der Waals surface area contributed by atoms with Crippen LogP contribution in [0.25, 0.3) is 0 Å². The Morgan fingerprint density at radius 3 is 3.00 bits per heavy atom. The third-order valence-electron chi connectivity index (χ3n) is 0.627. The van der Waals surface area contributed by atoms with Crippen LogP contribution in [0.3, 0.4) is 0 Å². The standard InChI is InChI=1S/C3H5N3O/c7-6-3-1-4-5-2-3/h1-2,6-7H,(H,4,5). The maximum absolute atomic E-state index is 8.12. The van der Waals surface area contributed by atoms with Crippen LogP contribution in [-0.4, -0.2) is 15.4 Å². The molecule has 4 nitrogen and oxygen atoms in total. The molecule has 0 unspecified atom stereocenters. The van der Waals surface area contributed by atoms with Crippen LogP contribution in [0.4, 0.5) is 5.69 Å². The average Bonchev–Trinajstić information content (AvgIpc) is 2.14. The van der Waals surface area contributed by atoms with Gasteiger partial charge in [0, 0.05) is 6.20 Å². The molecule has 38 valence electrons. The van der Waals surface area contributed by atoms with Gasteiger partial charge in [-0.05, 0) is 0 Å². The van der Waals surface area contributed by atoms with Gasteiger partial charge in [0.05, 0.1) is 11.9 Å². The topological polar surface area (TPSA) is 60.9 Å². The summed E-state index contributed by atoms with van der Waals surface area (Å²) in [5.41, 5.74) is 2.48. The summed E-state index contributed by atoms with van der Waals surface area (Å²) in [4.78, 5) is 0. The monoisotopic (exact) mass is 99.0 g/mol. The van der Waals surface area contributed by atoms with E-state index in [1.807, 2.05) is 5.48 Å². The van der Waals surface area contributed by atoms with Crippen LogP contribution < -0.4 is 5.48 Å². The molecule has 0 saturated heterocycles. The van der Waals surface area contributed by atoms with E-state index in [4.69, 9.17) is 5.21 Å². The highest BCUT2D eigenvalue weighted by molar-refractivity contribution is 5.33. The lowest BCUT2D eigenvalue weighted by atomic mass is 10.6. The van der Waals surface area contributed by atoms with Crippen LogP contribution in [-0.2, 0) is 0 Å². The Hall–Kier alpha value is -1.03. The van der Waals surface area contributed by atoms with Crippen LogP contribution in [0.1, 0.15) is 0 Å². The number of hydrogen-bond donors (Lipinski definition) is 3. The quantitative estimate of drug-likeness (QED) is 0.441. The van der Waals surface area contributed by atoms with E-state index in [9.17, 15) is 0 Å². The zero-order valence-corrected chi connectivity index (χ0v) is 3.55. The largest absolute Gasteiger partial charge is 0.291 e. The van der Waals surface area contributed by atoms with E-state index in [1.54, 1.807) is 6.20 Å². The number of H-pyrrole nitrogens is 1. The summed E-state index contributed by atoms with van der Waals surface area (Å²) < 4.78 is 0. The molecule has 0 amide bonds. The molecule has 0 aliphatic heterocycles. The molecule has 0 saturated carbocycles. The maximum Gasteiger partial charge on any atom is 0.0978 e. The molecule has 3 N–H and O–H groups in total. The zero-order valence-electron chi connectivity index (χ0n) is 3.55. The predicted octanol–water partition coefficient (Wildman–Crippen LogP) is 0.211. The van der Waals surface area contributed by atoms with E-state index in [0.29, 0.717) is 5.69 Å². The molecule has 1 heterocycles. The van der Waals surface area contributed by atoms with Crippen molar-refractivity contribution in [1.29, 1.82) is 0 Å². The molecule has 0 aliphatic carbocycles. The Labute approximate surface area is 40.1 Å². The predicted molar refractivity (Wildman–Crippen MR) is 24.0 cm³/mol. The second-order valence-corrected chi connectivity index (χ2v) is 1.10. The Bertz CT molecular complexity index is 125. The fraction of sp³-hybridized carbons (Fsp3) is 0. The SMILES string of the molecule is ONc1cn[nH]c1. The number of anilines is 1. The molecule has 1 aromatic heterocycles. The number of rotatable bonds is 1. The first kappa shape index (κ1) is 4.14. The van der Waals surface area contributed by atoms with Crippen LogP contribution in [0, 0.1) is 0 Å². The van der Waals surface area contributed by atoms with Crippen molar-refractivity contribution < 1.29 is 5.21 Å². The molecule has 1 aromatic rings. The summed E-state index contributed by atoms with van der Waals surface area (Å²) in [6.07, 6.45) is 3.01. The van der Waals surface area contributed by atoms with E-state index in [-0.39, 0.29) is 0 Å². The van der Waals surface area contributed by atoms with Gasteiger partial charge in [0.15, 0.2) is 0 Å². The van der Waals surface area contributed by atoms with Crippen LogP contribution in [0.2, 0.25) is 0 Å². The lowest BCUT2D eigenvalue weighted by Gasteiger charge is -1.83. The van der Waals surface area contributed by atoms with E-state index in [0.717, 1.165) is 0 Å². The molecule has 1 rings (SSSR count). The molecule has 4 heteroatoms. The van der Waals surface area contributed by atoms with Crippen LogP contribution in [0.5, 0.6) is 0 Å². The van der Waals surface area contributed by atoms with Crippen molar-refractivity contribution >= 4 is 5.69 Å². The number of hydrogen-bond acceptors (Lipinski definition) is 3. The molecule has 0 bridgehead atoms. The first-order valence-electron chi connectivity index (χ1n) is 1.82. The van der Waals surface area contributed by atoms with Gasteiger partial charge in [-0.1, -0.05) is 0 Å². The van der Waals surface area contributed by atoms with Crippen molar-refractivity contribution in [2.75, 3.05) is 5.48 Å². The fourth-order valence-electron chi connectivity index (χ4n) is 0.312. The van der Waals surface area contributed by atoms with Crippen molar-refractivity contribution in [3.8, 4) is 0 Å². The van der Waals surface area contributed by atoms with Crippen LogP contribution >= 0.6 is 0 Å². The second-order valence-electron chi connectivity index (χ2n) is 1.10. The highest BCUT2D eigenvalue weighted by atomic mass is 16.5. The smallest absolute Gasteiger partial charge is 0.0978 e. The van der Waals surface area contributed by atoms with Crippen molar-refractivity contribution in [3.63, 3.8) is 0 Å². The van der Waals surface area contributed by atoms with Gasteiger partial charge >= 0.3 is 0 Å². The minimum Gasteiger partial charge on any atom is -0.291 e. The number of nitrogens with one attached hydrogen (secondary N) is 2. The van der Waals surface area contributed by atoms with Gasteiger partial charge in [0.1, 0.15) is 0 Å². The Morgan fingerprint density at radius 2 is 2.71 bits per heavy atom. The summed E-state index contributed by atoms with van der Waals surface area (Å²) in [6, 6.07) is 0. The number of aromatic nitrogens is 2. The first-order valence-corrected chi connectivity index (χ1v) is 1.82. The van der Waals surface area contributed by atoms with E-state index in [2.05, 4.69) is 10.2 Å². The normalized spacial score (nSPS) is 8.71. The van der Waals surface area contributed by atoms with Crippen molar-refractivity contribution in [2.24, 2.45) is 0 Å². The van der Waals surface area contributed by atoms with Gasteiger partial charge in [-0.2, -0.15) is 5.10 Å². The second kappa shape index (κ2) is 1.61. The summed E-state index contributed by atoms with van der Waals surface area (Å²) in [5.74, 6) is 0. The van der Waals surface area contributed by atoms with Crippen molar-refractivity contribution in [2.45, 2.75) is 0 Å². The fourth-order valence-corrected chi connectivity index (χ4v) is 0.312. The average molecular weight is 99.1 g/mol. The third-order valence-corrected chi connectivity index (χ3v) is 0.627. The van der Waals surface area contributed by atoms with Gasteiger partial charge in [-0.3, -0.25) is 15.8 Å². The highest BCUT2D eigenvalue weighted by Crippen LogP contribution is 1.96. The summed E-state index contributed by atoms with van der Waals surface area (Å²) in [7, 11) is 0. The molecular weight excluding hydrogens is 94.1 g/mol. The number of nitrogens with zero attached hydrogens (tertiary/aromatic N) is 1. The van der Waals surface area contributed by atoms with Gasteiger partial charge in [0.2, 0.25) is 0 Å². The lowest BCUT2D eigenvalue weighted by molar-refractivity contribution is 0.389.